The van der Waals surface area contributed by atoms with E-state index in [1.165, 1.54) is 11.6 Å². The normalized spacial score (nSPS) is 10.9. The van der Waals surface area contributed by atoms with Gasteiger partial charge in [-0.15, -0.1) is 0 Å². The number of aryl methyl sites for hydroxylation is 1. The molecule has 0 unspecified atom stereocenters. The standard InChI is InChI=1S/C21H23N5O/c1-3-26(15-18-7-5-4-6-8-18)19-11-9-17(10-12-19)14-22-25-21-23-16(2)13-20(27)24-21/h4-14H,3,15H2,1-2H3,(H2,23,24,25,27)/b22-14-. The molecule has 6 nitrogen and oxygen atoms in total. The van der Waals surface area contributed by atoms with E-state index in [2.05, 4.69) is 68.7 Å². The molecule has 0 aliphatic heterocycles. The highest BCUT2D eigenvalue weighted by Crippen LogP contribution is 2.17. The largest absolute Gasteiger partial charge is 0.367 e. The highest BCUT2D eigenvalue weighted by atomic mass is 16.1. The first-order chi connectivity index (χ1) is 13.1. The van der Waals surface area contributed by atoms with E-state index in [9.17, 15) is 4.79 Å². The summed E-state index contributed by atoms with van der Waals surface area (Å²) in [6.45, 7) is 5.71. The van der Waals surface area contributed by atoms with Gasteiger partial charge in [0, 0.05) is 30.5 Å². The van der Waals surface area contributed by atoms with Crippen LogP contribution in [-0.2, 0) is 6.54 Å². The van der Waals surface area contributed by atoms with Crippen molar-refractivity contribution in [2.24, 2.45) is 5.10 Å². The molecule has 0 saturated heterocycles. The predicted molar refractivity (Wildman–Crippen MR) is 110 cm³/mol. The maximum Gasteiger partial charge on any atom is 0.252 e. The van der Waals surface area contributed by atoms with Gasteiger partial charge in [0.05, 0.1) is 6.21 Å². The molecule has 3 aromatic rings. The summed E-state index contributed by atoms with van der Waals surface area (Å²) in [5.74, 6) is 0.327. The molecule has 6 heteroatoms. The Bertz CT molecular complexity index is 948. The molecule has 138 valence electrons. The van der Waals surface area contributed by atoms with Crippen molar-refractivity contribution in [3.63, 3.8) is 0 Å². The van der Waals surface area contributed by atoms with Gasteiger partial charge in [-0.05, 0) is 37.1 Å². The van der Waals surface area contributed by atoms with E-state index in [0.29, 0.717) is 11.6 Å². The summed E-state index contributed by atoms with van der Waals surface area (Å²) in [7, 11) is 0. The smallest absolute Gasteiger partial charge is 0.252 e. The molecule has 1 heterocycles. The second-order valence-corrected chi connectivity index (χ2v) is 6.20. The van der Waals surface area contributed by atoms with Crippen molar-refractivity contribution in [1.82, 2.24) is 9.97 Å². The average Bonchev–Trinajstić information content (AvgIpc) is 2.67. The van der Waals surface area contributed by atoms with E-state index in [1.54, 1.807) is 13.1 Å². The molecule has 0 atom stereocenters. The molecule has 0 fully saturated rings. The Labute approximate surface area is 158 Å². The Morgan fingerprint density at radius 2 is 1.89 bits per heavy atom. The van der Waals surface area contributed by atoms with Crippen molar-refractivity contribution in [2.45, 2.75) is 20.4 Å². The van der Waals surface area contributed by atoms with Crippen LogP contribution in [0.5, 0.6) is 0 Å². The Hall–Kier alpha value is -3.41. The lowest BCUT2D eigenvalue weighted by atomic mass is 10.1. The van der Waals surface area contributed by atoms with E-state index >= 15 is 0 Å². The number of aromatic nitrogens is 2. The summed E-state index contributed by atoms with van der Waals surface area (Å²) in [4.78, 5) is 20.5. The molecular weight excluding hydrogens is 338 g/mol. The Kier molecular flexibility index (Phi) is 5.99. The second-order valence-electron chi connectivity index (χ2n) is 6.20. The monoisotopic (exact) mass is 361 g/mol. The van der Waals surface area contributed by atoms with Gasteiger partial charge >= 0.3 is 0 Å². The summed E-state index contributed by atoms with van der Waals surface area (Å²) in [5, 5.41) is 4.14. The first-order valence-corrected chi connectivity index (χ1v) is 8.90. The molecular formula is C21H23N5O. The van der Waals surface area contributed by atoms with Crippen LogP contribution >= 0.6 is 0 Å². The van der Waals surface area contributed by atoms with E-state index in [-0.39, 0.29) is 5.56 Å². The van der Waals surface area contributed by atoms with Crippen LogP contribution in [0.15, 0.2) is 70.6 Å². The van der Waals surface area contributed by atoms with E-state index in [0.717, 1.165) is 24.3 Å². The molecule has 0 amide bonds. The molecule has 0 aliphatic rings. The third kappa shape index (κ3) is 5.28. The zero-order valence-corrected chi connectivity index (χ0v) is 15.5. The van der Waals surface area contributed by atoms with Crippen molar-refractivity contribution in [3.05, 3.63) is 87.8 Å². The fourth-order valence-electron chi connectivity index (χ4n) is 2.76. The van der Waals surface area contributed by atoms with E-state index < -0.39 is 0 Å². The first-order valence-electron chi connectivity index (χ1n) is 8.90. The summed E-state index contributed by atoms with van der Waals surface area (Å²) in [6.07, 6.45) is 1.69. The number of nitrogens with zero attached hydrogens (tertiary/aromatic N) is 3. The van der Waals surface area contributed by atoms with Crippen LogP contribution in [0.4, 0.5) is 11.6 Å². The lowest BCUT2D eigenvalue weighted by Crippen LogP contribution is -2.21. The molecule has 2 N–H and O–H groups in total. The van der Waals surface area contributed by atoms with E-state index in [4.69, 9.17) is 0 Å². The minimum absolute atomic E-state index is 0.206. The van der Waals surface area contributed by atoms with Gasteiger partial charge in [0.25, 0.3) is 5.56 Å². The van der Waals surface area contributed by atoms with Crippen molar-refractivity contribution in [1.29, 1.82) is 0 Å². The van der Waals surface area contributed by atoms with E-state index in [1.807, 2.05) is 18.2 Å². The predicted octanol–water partition coefficient (Wildman–Crippen LogP) is 3.55. The highest BCUT2D eigenvalue weighted by molar-refractivity contribution is 5.80. The van der Waals surface area contributed by atoms with Crippen molar-refractivity contribution in [2.75, 3.05) is 16.9 Å². The van der Waals surface area contributed by atoms with Crippen LogP contribution < -0.4 is 15.9 Å². The SMILES string of the molecule is CCN(Cc1ccccc1)c1ccc(/C=N\Nc2nc(C)cc(=O)[nH]2)cc1. The average molecular weight is 361 g/mol. The number of hydrazone groups is 1. The lowest BCUT2D eigenvalue weighted by Gasteiger charge is -2.23. The third-order valence-corrected chi connectivity index (χ3v) is 4.11. The minimum atomic E-state index is -0.206. The molecule has 0 radical (unpaired) electrons. The summed E-state index contributed by atoms with van der Waals surface area (Å²) in [6, 6.07) is 20.1. The minimum Gasteiger partial charge on any atom is -0.367 e. The van der Waals surface area contributed by atoms with Crippen LogP contribution in [0.1, 0.15) is 23.7 Å². The Morgan fingerprint density at radius 1 is 1.15 bits per heavy atom. The van der Waals surface area contributed by atoms with Gasteiger partial charge < -0.3 is 4.90 Å². The molecule has 0 aliphatic carbocycles. The summed E-state index contributed by atoms with van der Waals surface area (Å²) in [5.41, 5.74) is 6.58. The van der Waals surface area contributed by atoms with Crippen LogP contribution in [0.2, 0.25) is 0 Å². The van der Waals surface area contributed by atoms with Gasteiger partial charge in [-0.2, -0.15) is 5.10 Å². The quantitative estimate of drug-likeness (QED) is 0.499. The Morgan fingerprint density at radius 3 is 2.56 bits per heavy atom. The fourth-order valence-corrected chi connectivity index (χ4v) is 2.76. The number of hydrogen-bond acceptors (Lipinski definition) is 5. The van der Waals surface area contributed by atoms with Crippen LogP contribution in [-0.4, -0.2) is 22.7 Å². The number of H-pyrrole nitrogens is 1. The van der Waals surface area contributed by atoms with Gasteiger partial charge in [-0.25, -0.2) is 10.4 Å². The summed E-state index contributed by atoms with van der Waals surface area (Å²) >= 11 is 0. The van der Waals surface area contributed by atoms with Gasteiger partial charge in [-0.1, -0.05) is 42.5 Å². The topological polar surface area (TPSA) is 73.4 Å². The van der Waals surface area contributed by atoms with Crippen LogP contribution in [0, 0.1) is 6.92 Å². The van der Waals surface area contributed by atoms with Gasteiger partial charge in [-0.3, -0.25) is 9.78 Å². The number of nitrogens with one attached hydrogen (secondary N) is 2. The van der Waals surface area contributed by atoms with Crippen molar-refractivity contribution in [3.8, 4) is 0 Å². The van der Waals surface area contributed by atoms with Crippen LogP contribution in [0.25, 0.3) is 0 Å². The highest BCUT2D eigenvalue weighted by Gasteiger charge is 2.05. The number of benzene rings is 2. The lowest BCUT2D eigenvalue weighted by molar-refractivity contribution is 0.832. The number of hydrogen-bond donors (Lipinski definition) is 2. The third-order valence-electron chi connectivity index (χ3n) is 4.11. The van der Waals surface area contributed by atoms with Crippen LogP contribution in [0.3, 0.4) is 0 Å². The van der Waals surface area contributed by atoms with Crippen molar-refractivity contribution < 1.29 is 0 Å². The molecule has 1 aromatic heterocycles. The molecule has 0 saturated carbocycles. The number of aromatic amines is 1. The Balaban J connectivity index is 1.64. The molecule has 27 heavy (non-hydrogen) atoms. The second kappa shape index (κ2) is 8.80. The molecule has 0 spiro atoms. The maximum atomic E-state index is 11.4. The zero-order valence-electron chi connectivity index (χ0n) is 15.5. The van der Waals surface area contributed by atoms with Gasteiger partial charge in [0.15, 0.2) is 0 Å². The fraction of sp³-hybridized carbons (Fsp3) is 0.190. The van der Waals surface area contributed by atoms with Crippen molar-refractivity contribution >= 4 is 17.9 Å². The summed E-state index contributed by atoms with van der Waals surface area (Å²) < 4.78 is 0. The maximum absolute atomic E-state index is 11.4. The number of rotatable bonds is 7. The molecule has 2 aromatic carbocycles. The number of anilines is 2. The first kappa shape index (κ1) is 18.4. The van der Waals surface area contributed by atoms with Gasteiger partial charge in [0.2, 0.25) is 5.95 Å². The molecule has 3 rings (SSSR count). The zero-order chi connectivity index (χ0) is 19.1. The van der Waals surface area contributed by atoms with Gasteiger partial charge in [0.1, 0.15) is 0 Å². The molecule has 0 bridgehead atoms.